The van der Waals surface area contributed by atoms with Crippen LogP contribution in [0.2, 0.25) is 0 Å². The van der Waals surface area contributed by atoms with Crippen LogP contribution in [0.25, 0.3) is 0 Å². The first-order valence-corrected chi connectivity index (χ1v) is 6.72. The Labute approximate surface area is 116 Å². The van der Waals surface area contributed by atoms with Gasteiger partial charge in [0, 0.05) is 0 Å². The van der Waals surface area contributed by atoms with Crippen LogP contribution < -0.4 is 0 Å². The molecule has 0 saturated carbocycles. The van der Waals surface area contributed by atoms with Crippen molar-refractivity contribution in [3.8, 4) is 0 Å². The van der Waals surface area contributed by atoms with Crippen molar-refractivity contribution in [3.05, 3.63) is 0 Å². The first kappa shape index (κ1) is 19.5. The first-order valence-electron chi connectivity index (χ1n) is 4.42. The molecule has 1 aliphatic heterocycles. The van der Waals surface area contributed by atoms with Crippen molar-refractivity contribution in [3.63, 3.8) is 0 Å². The third-order valence-electron chi connectivity index (χ3n) is 2.42. The van der Waals surface area contributed by atoms with E-state index in [2.05, 4.69) is 0 Å². The standard InChI is InChI=1S/C6F12O2S2/c7-1(8,3(11,12)13)5(17)21-6(18,22(5,19)20)2(9,10)4(14,15)16. The summed E-state index contributed by atoms with van der Waals surface area (Å²) in [7, 11) is -7.55. The Bertz CT molecular complexity index is 531. The maximum atomic E-state index is 13.3. The Morgan fingerprint density at radius 3 is 1.00 bits per heavy atom. The van der Waals surface area contributed by atoms with Crippen molar-refractivity contribution < 1.29 is 61.1 Å². The van der Waals surface area contributed by atoms with Crippen LogP contribution in [0.5, 0.6) is 0 Å². The van der Waals surface area contributed by atoms with E-state index < -0.39 is 54.5 Å². The Hall–Kier alpha value is -0.540. The molecule has 1 heterocycles. The lowest BCUT2D eigenvalue weighted by Gasteiger charge is -2.49. The van der Waals surface area contributed by atoms with Crippen molar-refractivity contribution in [1.82, 2.24) is 0 Å². The van der Waals surface area contributed by atoms with E-state index in [9.17, 15) is 61.1 Å². The number of alkyl halides is 12. The number of thioether (sulfide) groups is 1. The molecule has 0 spiro atoms. The lowest BCUT2D eigenvalue weighted by Crippen LogP contribution is -2.75. The monoisotopic (exact) mass is 396 g/mol. The van der Waals surface area contributed by atoms with Gasteiger partial charge in [-0.25, -0.2) is 17.2 Å². The second-order valence-electron chi connectivity index (χ2n) is 3.82. The highest BCUT2D eigenvalue weighted by Gasteiger charge is 2.96. The van der Waals surface area contributed by atoms with Crippen LogP contribution in [0.15, 0.2) is 0 Å². The molecule has 2 unspecified atom stereocenters. The molecule has 16 heteroatoms. The summed E-state index contributed by atoms with van der Waals surface area (Å²) in [5, 5.41) is 0. The molecular weight excluding hydrogens is 396 g/mol. The molecule has 1 rings (SSSR count). The van der Waals surface area contributed by atoms with Crippen molar-refractivity contribution in [2.45, 2.75) is 32.9 Å². The third kappa shape index (κ3) is 1.88. The van der Waals surface area contributed by atoms with E-state index in [0.717, 1.165) is 0 Å². The molecule has 0 aromatic heterocycles. The van der Waals surface area contributed by atoms with Gasteiger partial charge in [-0.15, -0.1) is 0 Å². The Balaban J connectivity index is 3.48. The Kier molecular flexibility index (Phi) is 3.81. The van der Waals surface area contributed by atoms with Gasteiger partial charge in [-0.1, -0.05) is 0 Å². The number of hydrogen-bond acceptors (Lipinski definition) is 3. The number of rotatable bonds is 2. The van der Waals surface area contributed by atoms with Crippen LogP contribution in [0.4, 0.5) is 52.7 Å². The van der Waals surface area contributed by atoms with E-state index in [4.69, 9.17) is 0 Å². The van der Waals surface area contributed by atoms with E-state index in [1.54, 1.807) is 0 Å². The fourth-order valence-electron chi connectivity index (χ4n) is 1.22. The minimum Gasteiger partial charge on any atom is -0.220 e. The smallest absolute Gasteiger partial charge is 0.220 e. The SMILES string of the molecule is O=S1(=O)C(F)(C(F)(F)C(F)(F)F)SC1(F)C(F)(F)C(F)(F)F. The number of halogens is 12. The van der Waals surface area contributed by atoms with Crippen LogP contribution in [-0.2, 0) is 9.84 Å². The van der Waals surface area contributed by atoms with Crippen LogP contribution in [-0.4, -0.2) is 41.3 Å². The molecule has 1 fully saturated rings. The molecule has 132 valence electrons. The van der Waals surface area contributed by atoms with Gasteiger partial charge in [0.1, 0.15) is 0 Å². The average molecular weight is 396 g/mol. The highest BCUT2D eigenvalue weighted by Crippen LogP contribution is 2.73. The first-order chi connectivity index (χ1) is 9.21. The summed E-state index contributed by atoms with van der Waals surface area (Å²) in [4.78, 5) is 0. The normalized spacial score (nSPS) is 33.5. The van der Waals surface area contributed by atoms with Crippen LogP contribution in [0, 0.1) is 0 Å². The van der Waals surface area contributed by atoms with Gasteiger partial charge >= 0.3 is 32.9 Å². The molecule has 1 aliphatic rings. The van der Waals surface area contributed by atoms with E-state index in [-0.39, 0.29) is 0 Å². The molecular formula is C6F12O2S2. The summed E-state index contributed by atoms with van der Waals surface area (Å²) in [6.07, 6.45) is -14.0. The Morgan fingerprint density at radius 1 is 0.636 bits per heavy atom. The molecule has 0 amide bonds. The number of sulfone groups is 1. The van der Waals surface area contributed by atoms with Gasteiger partial charge in [0.05, 0.1) is 0 Å². The van der Waals surface area contributed by atoms with Crippen molar-refractivity contribution in [2.75, 3.05) is 0 Å². The van der Waals surface area contributed by atoms with Gasteiger partial charge < -0.3 is 0 Å². The summed E-state index contributed by atoms with van der Waals surface area (Å²) in [6.45, 7) is 0. The third-order valence-corrected chi connectivity index (χ3v) is 7.17. The molecule has 0 aliphatic carbocycles. The highest BCUT2D eigenvalue weighted by molar-refractivity contribution is 8.31. The van der Waals surface area contributed by atoms with Gasteiger partial charge in [0.2, 0.25) is 0 Å². The maximum Gasteiger partial charge on any atom is 0.458 e. The van der Waals surface area contributed by atoms with Gasteiger partial charge in [0.15, 0.2) is 0 Å². The summed E-state index contributed by atoms with van der Waals surface area (Å²) >= 11 is -2.61. The van der Waals surface area contributed by atoms with E-state index in [0.29, 0.717) is 0 Å². The predicted molar refractivity (Wildman–Crippen MR) is 46.2 cm³/mol. The molecule has 2 nitrogen and oxygen atoms in total. The zero-order chi connectivity index (χ0) is 18.2. The van der Waals surface area contributed by atoms with Gasteiger partial charge in [-0.3, -0.25) is 0 Å². The summed E-state index contributed by atoms with van der Waals surface area (Å²) in [6, 6.07) is 0. The molecule has 0 aromatic carbocycles. The van der Waals surface area contributed by atoms with Crippen LogP contribution >= 0.6 is 11.8 Å². The largest absolute Gasteiger partial charge is 0.458 e. The molecule has 22 heavy (non-hydrogen) atoms. The van der Waals surface area contributed by atoms with Gasteiger partial charge in [-0.05, 0) is 11.8 Å². The van der Waals surface area contributed by atoms with Crippen LogP contribution in [0.1, 0.15) is 0 Å². The zero-order valence-electron chi connectivity index (χ0n) is 9.17. The molecule has 0 N–H and O–H groups in total. The summed E-state index contributed by atoms with van der Waals surface area (Å²) in [5.41, 5.74) is 0. The molecule has 0 bridgehead atoms. The van der Waals surface area contributed by atoms with Crippen molar-refractivity contribution in [1.29, 1.82) is 0 Å². The van der Waals surface area contributed by atoms with Crippen molar-refractivity contribution in [2.24, 2.45) is 0 Å². The van der Waals surface area contributed by atoms with Gasteiger partial charge in [0.25, 0.3) is 9.84 Å². The second kappa shape index (κ2) is 4.30. The fraction of sp³-hybridized carbons (Fsp3) is 1.00. The topological polar surface area (TPSA) is 34.1 Å². The predicted octanol–water partition coefficient (Wildman–Crippen LogP) is 3.79. The van der Waals surface area contributed by atoms with E-state index >= 15 is 0 Å². The maximum absolute atomic E-state index is 13.3. The average Bonchev–Trinajstić information content (AvgIpc) is 2.24. The fourth-order valence-corrected chi connectivity index (χ4v) is 4.97. The van der Waals surface area contributed by atoms with Gasteiger partial charge in [-0.2, -0.15) is 43.9 Å². The van der Waals surface area contributed by atoms with E-state index in [1.165, 1.54) is 0 Å². The molecule has 2 atom stereocenters. The second-order valence-corrected chi connectivity index (χ2v) is 7.80. The quantitative estimate of drug-likeness (QED) is 0.667. The lowest BCUT2D eigenvalue weighted by molar-refractivity contribution is -0.310. The Morgan fingerprint density at radius 2 is 0.864 bits per heavy atom. The minimum absolute atomic E-state index is 2.61. The summed E-state index contributed by atoms with van der Waals surface area (Å²) < 4.78 is 158. The lowest BCUT2D eigenvalue weighted by atomic mass is 10.3. The highest BCUT2D eigenvalue weighted by atomic mass is 32.3. The molecule has 1 saturated heterocycles. The molecule has 0 radical (unpaired) electrons. The van der Waals surface area contributed by atoms with E-state index in [1.807, 2.05) is 0 Å². The summed E-state index contributed by atoms with van der Waals surface area (Å²) in [5.74, 6) is -13.9. The minimum atomic E-state index is -7.55. The zero-order valence-corrected chi connectivity index (χ0v) is 10.8. The van der Waals surface area contributed by atoms with Crippen molar-refractivity contribution >= 4 is 21.6 Å². The number of hydrogen-bond donors (Lipinski definition) is 0. The molecule has 0 aromatic rings. The van der Waals surface area contributed by atoms with Crippen LogP contribution in [0.3, 0.4) is 0 Å².